The molecule has 12 aromatic rings. The number of nitriles is 1. The van der Waals surface area contributed by atoms with E-state index in [1.807, 2.05) is 205 Å². The van der Waals surface area contributed by atoms with Gasteiger partial charge in [0.15, 0.2) is 17.3 Å². The van der Waals surface area contributed by atoms with Gasteiger partial charge < -0.3 is 4.57 Å². The molecule has 0 aliphatic rings. The fraction of sp³-hybridized carbons (Fsp3) is 0.0154. The molecule has 3 aromatic heterocycles. The second kappa shape index (κ2) is 19.0. The number of fused-ring (bicyclic) bond motifs is 3. The van der Waals surface area contributed by atoms with E-state index in [-0.39, 0.29) is 22.6 Å². The summed E-state index contributed by atoms with van der Waals surface area (Å²) in [6.45, 7) is 7.82. The Bertz CT molecular complexity index is 3860. The van der Waals surface area contributed by atoms with Crippen molar-refractivity contribution in [1.82, 2.24) is 24.5 Å². The van der Waals surface area contributed by atoms with Gasteiger partial charge in [-0.2, -0.15) is 18.4 Å². The molecule has 10 heteroatoms. The van der Waals surface area contributed by atoms with Gasteiger partial charge >= 0.3 is 6.18 Å². The lowest BCUT2D eigenvalue weighted by molar-refractivity contribution is -0.137. The normalized spacial score (nSPS) is 11.4. The number of hydrogen-bond acceptors (Lipinski definition) is 5. The number of hydrogen-bond donors (Lipinski definition) is 0. The zero-order valence-corrected chi connectivity index (χ0v) is 39.7. The summed E-state index contributed by atoms with van der Waals surface area (Å²) in [7, 11) is 0. The highest BCUT2D eigenvalue weighted by molar-refractivity contribution is 6.12. The van der Waals surface area contributed by atoms with E-state index in [9.17, 15) is 5.26 Å². The molecule has 0 spiro atoms. The van der Waals surface area contributed by atoms with Crippen molar-refractivity contribution in [1.29, 1.82) is 5.26 Å². The lowest BCUT2D eigenvalue weighted by atomic mass is 9.96. The maximum atomic E-state index is 16.0. The molecule has 0 aliphatic carbocycles. The number of halogens is 3. The van der Waals surface area contributed by atoms with Gasteiger partial charge in [0, 0.05) is 44.2 Å². The largest absolute Gasteiger partial charge is 0.416 e. The molecule has 75 heavy (non-hydrogen) atoms. The molecule has 0 saturated heterocycles. The van der Waals surface area contributed by atoms with Crippen LogP contribution in [-0.4, -0.2) is 24.5 Å². The Morgan fingerprint density at radius 2 is 0.853 bits per heavy atom. The van der Waals surface area contributed by atoms with Crippen LogP contribution in [0.2, 0.25) is 0 Å². The predicted molar refractivity (Wildman–Crippen MR) is 291 cm³/mol. The average Bonchev–Trinajstić information content (AvgIpc) is 3.94. The van der Waals surface area contributed by atoms with Gasteiger partial charge in [0.2, 0.25) is 0 Å². The van der Waals surface area contributed by atoms with Gasteiger partial charge in [-0.05, 0) is 76.9 Å². The Kier molecular flexibility index (Phi) is 11.6. The molecule has 0 fully saturated rings. The van der Waals surface area contributed by atoms with Crippen molar-refractivity contribution in [3.05, 3.63) is 253 Å². The number of rotatable bonds is 9. The van der Waals surface area contributed by atoms with Crippen molar-refractivity contribution in [3.63, 3.8) is 0 Å². The molecule has 0 saturated carbocycles. The Morgan fingerprint density at radius 1 is 0.413 bits per heavy atom. The summed E-state index contributed by atoms with van der Waals surface area (Å²) in [4.78, 5) is 24.4. The van der Waals surface area contributed by atoms with Gasteiger partial charge in [-0.25, -0.2) is 24.8 Å². The summed E-state index contributed by atoms with van der Waals surface area (Å²) in [6.07, 6.45) is -4.85. The Labute approximate surface area is 429 Å². The summed E-state index contributed by atoms with van der Waals surface area (Å²) in [6, 6.07) is 72.8. The molecular weight excluding hydrogens is 936 g/mol. The summed E-state index contributed by atoms with van der Waals surface area (Å²) in [5, 5.41) is 11.6. The zero-order chi connectivity index (χ0) is 51.0. The molecule has 9 aromatic carbocycles. The van der Waals surface area contributed by atoms with Crippen molar-refractivity contribution in [2.45, 2.75) is 6.18 Å². The van der Waals surface area contributed by atoms with Gasteiger partial charge in [-0.1, -0.05) is 176 Å². The first-order valence-electron chi connectivity index (χ1n) is 24.0. The summed E-state index contributed by atoms with van der Waals surface area (Å²) < 4.78 is 50.1. The molecular formula is C65H38F3N7. The van der Waals surface area contributed by atoms with Gasteiger partial charge in [0.1, 0.15) is 0 Å². The Balaban J connectivity index is 1.28. The average molecular weight is 974 g/mol. The van der Waals surface area contributed by atoms with Crippen LogP contribution >= 0.6 is 0 Å². The summed E-state index contributed by atoms with van der Waals surface area (Å²) in [5.41, 5.74) is 9.64. The first-order chi connectivity index (χ1) is 36.7. The van der Waals surface area contributed by atoms with E-state index >= 15 is 13.2 Å². The third kappa shape index (κ3) is 8.84. The van der Waals surface area contributed by atoms with Crippen LogP contribution in [0.5, 0.6) is 0 Å². The summed E-state index contributed by atoms with van der Waals surface area (Å²) >= 11 is 0. The minimum Gasteiger partial charge on any atom is -0.308 e. The van der Waals surface area contributed by atoms with E-state index in [0.717, 1.165) is 55.8 Å². The quantitative estimate of drug-likeness (QED) is 0.135. The number of alkyl halides is 3. The van der Waals surface area contributed by atoms with Crippen LogP contribution in [0.1, 0.15) is 11.1 Å². The molecule has 0 atom stereocenters. The summed E-state index contributed by atoms with van der Waals surface area (Å²) in [5.74, 6) is 0.362. The first-order valence-corrected chi connectivity index (χ1v) is 24.0. The second-order valence-corrected chi connectivity index (χ2v) is 18.0. The SMILES string of the molecule is [C-]#[N+]c1cccc(-c2ccc3c4ccc(-c5cccc(C#N)c5)cc4n(-c4c(-c5cc(-c6ccccc6)nc(-c6ccccc6)n5)cc(C(F)(F)F)cc4-c4nc(-c5ccccc5)cc(-c5ccccc5)n4)c3c2)c1. The second-order valence-electron chi connectivity index (χ2n) is 18.0. The topological polar surface area (TPSA) is 84.6 Å². The van der Waals surface area contributed by atoms with Crippen molar-refractivity contribution in [3.8, 4) is 102 Å². The molecule has 7 nitrogen and oxygen atoms in total. The third-order valence-corrected chi connectivity index (χ3v) is 13.3. The highest BCUT2D eigenvalue weighted by atomic mass is 19.4. The number of nitrogens with zero attached hydrogens (tertiary/aromatic N) is 7. The number of benzene rings is 9. The minimum absolute atomic E-state index is 0.0481. The van der Waals surface area contributed by atoms with E-state index in [1.54, 1.807) is 18.2 Å². The number of aromatic nitrogens is 5. The molecule has 12 rings (SSSR count). The smallest absolute Gasteiger partial charge is 0.308 e. The molecule has 3 heterocycles. The van der Waals surface area contributed by atoms with Crippen LogP contribution < -0.4 is 0 Å². The molecule has 0 radical (unpaired) electrons. The zero-order valence-electron chi connectivity index (χ0n) is 39.7. The van der Waals surface area contributed by atoms with E-state index in [1.165, 1.54) is 6.07 Å². The van der Waals surface area contributed by atoms with Crippen LogP contribution in [0.3, 0.4) is 0 Å². The highest BCUT2D eigenvalue weighted by Gasteiger charge is 2.35. The maximum Gasteiger partial charge on any atom is 0.416 e. The third-order valence-electron chi connectivity index (χ3n) is 13.3. The van der Waals surface area contributed by atoms with Crippen molar-refractivity contribution >= 4 is 27.5 Å². The van der Waals surface area contributed by atoms with Crippen LogP contribution in [-0.2, 0) is 6.18 Å². The fourth-order valence-corrected chi connectivity index (χ4v) is 9.69. The molecule has 0 bridgehead atoms. The van der Waals surface area contributed by atoms with Crippen molar-refractivity contribution < 1.29 is 13.2 Å². The van der Waals surface area contributed by atoms with Crippen LogP contribution in [0.4, 0.5) is 18.9 Å². The van der Waals surface area contributed by atoms with Crippen LogP contribution in [0.25, 0.3) is 122 Å². The minimum atomic E-state index is -4.85. The Morgan fingerprint density at radius 3 is 1.37 bits per heavy atom. The Hall–Kier alpha value is -10.3. The van der Waals surface area contributed by atoms with Gasteiger partial charge in [0.25, 0.3) is 0 Å². The van der Waals surface area contributed by atoms with Gasteiger partial charge in [0.05, 0.1) is 63.3 Å². The maximum absolute atomic E-state index is 16.0. The van der Waals surface area contributed by atoms with E-state index in [2.05, 4.69) is 10.9 Å². The van der Waals surface area contributed by atoms with Gasteiger partial charge in [-0.15, -0.1) is 0 Å². The molecule has 0 N–H and O–H groups in total. The first kappa shape index (κ1) is 45.8. The lowest BCUT2D eigenvalue weighted by Crippen LogP contribution is -2.11. The van der Waals surface area contributed by atoms with E-state index in [4.69, 9.17) is 26.5 Å². The predicted octanol–water partition coefficient (Wildman–Crippen LogP) is 17.1. The van der Waals surface area contributed by atoms with E-state index < -0.39 is 11.7 Å². The van der Waals surface area contributed by atoms with Crippen molar-refractivity contribution in [2.75, 3.05) is 0 Å². The fourth-order valence-electron chi connectivity index (χ4n) is 9.69. The lowest BCUT2D eigenvalue weighted by Gasteiger charge is -2.22. The molecule has 0 aliphatic heterocycles. The van der Waals surface area contributed by atoms with Crippen LogP contribution in [0.15, 0.2) is 231 Å². The standard InChI is InChI=1S/C65H38F3N7/c1-70-51-27-15-26-47(33-51)49-29-31-53-52-30-28-48(46-25-14-16-41(32-46)40-69)34-60(52)75(61(53)35-49)62-54(59-39-58(44-21-10-4-11-22-44)71-63(74-59)45-23-12-5-13-24-45)36-50(65(66,67)68)37-55(62)64-72-56(42-17-6-2-7-18-42)38-57(73-64)43-19-8-3-9-20-43/h2-39H. The van der Waals surface area contributed by atoms with Crippen LogP contribution in [0, 0.1) is 17.9 Å². The van der Waals surface area contributed by atoms with Crippen molar-refractivity contribution in [2.24, 2.45) is 0 Å². The van der Waals surface area contributed by atoms with Gasteiger partial charge in [-0.3, -0.25) is 0 Å². The molecule has 0 unspecified atom stereocenters. The highest BCUT2D eigenvalue weighted by Crippen LogP contribution is 2.47. The monoisotopic (exact) mass is 973 g/mol. The van der Waals surface area contributed by atoms with E-state index in [0.29, 0.717) is 56.4 Å². The molecule has 0 amide bonds. The molecule has 354 valence electrons.